The van der Waals surface area contributed by atoms with Gasteiger partial charge in [0, 0.05) is 17.6 Å². The Bertz CT molecular complexity index is 410. The Morgan fingerprint density at radius 1 is 1.53 bits per heavy atom. The van der Waals surface area contributed by atoms with Gasteiger partial charge < -0.3 is 4.74 Å². The number of nitrogens with zero attached hydrogens (tertiary/aromatic N) is 2. The van der Waals surface area contributed by atoms with Crippen molar-refractivity contribution >= 4 is 17.8 Å². The molecule has 0 fully saturated rings. The number of hydrogen-bond donors (Lipinski definition) is 0. The Hall–Kier alpha value is -1.10. The van der Waals surface area contributed by atoms with Gasteiger partial charge >= 0.3 is 0 Å². The molecule has 0 unspecified atom stereocenters. The van der Waals surface area contributed by atoms with Crippen molar-refractivity contribution in [2.75, 3.05) is 6.61 Å². The summed E-state index contributed by atoms with van der Waals surface area (Å²) < 4.78 is 23.1. The zero-order valence-electron chi connectivity index (χ0n) is 11.7. The zero-order chi connectivity index (χ0) is 14.1. The van der Waals surface area contributed by atoms with Crippen LogP contribution in [0.2, 0.25) is 0 Å². The van der Waals surface area contributed by atoms with Crippen LogP contribution in [0, 0.1) is 0 Å². The second kappa shape index (κ2) is 8.91. The van der Waals surface area contributed by atoms with Crippen LogP contribution in [0.25, 0.3) is 0 Å². The zero-order valence-corrected chi connectivity index (χ0v) is 12.5. The Morgan fingerprint density at radius 3 is 2.95 bits per heavy atom. The number of aromatic nitrogens is 1. The second-order valence-electron chi connectivity index (χ2n) is 4.42. The number of rotatable bonds is 7. The lowest BCUT2D eigenvalue weighted by molar-refractivity contribution is 0.298. The molecule has 0 aromatic carbocycles. The lowest BCUT2D eigenvalue weighted by atomic mass is 10.1. The van der Waals surface area contributed by atoms with Crippen molar-refractivity contribution < 1.29 is 9.13 Å². The van der Waals surface area contributed by atoms with Crippen molar-refractivity contribution in [1.29, 1.82) is 0 Å². The molecule has 0 aliphatic carbocycles. The van der Waals surface area contributed by atoms with Gasteiger partial charge in [0.05, 0.1) is 12.2 Å². The van der Waals surface area contributed by atoms with Crippen molar-refractivity contribution in [3.8, 4) is 0 Å². The van der Waals surface area contributed by atoms with Gasteiger partial charge in [-0.05, 0) is 30.0 Å². The largest absolute Gasteiger partial charge is 0.477 e. The van der Waals surface area contributed by atoms with Crippen LogP contribution in [-0.4, -0.2) is 22.7 Å². The molecule has 0 spiro atoms. The molecule has 1 aromatic rings. The van der Waals surface area contributed by atoms with Crippen molar-refractivity contribution in [1.82, 2.24) is 4.98 Å². The predicted octanol–water partition coefficient (Wildman–Crippen LogP) is 4.17. The number of halogens is 1. The molecular formula is C14H21FN2OS. The van der Waals surface area contributed by atoms with Crippen LogP contribution >= 0.6 is 11.9 Å². The fourth-order valence-electron chi connectivity index (χ4n) is 1.35. The summed E-state index contributed by atoms with van der Waals surface area (Å²) in [5, 5.41) is 0.357. The molecular weight excluding hydrogens is 263 g/mol. The summed E-state index contributed by atoms with van der Waals surface area (Å²) in [4.78, 5) is 4.03. The molecule has 0 aliphatic heterocycles. The first-order chi connectivity index (χ1) is 9.19. The normalized spacial score (nSPS) is 11.9. The molecule has 1 rings (SSSR count). The van der Waals surface area contributed by atoms with E-state index in [4.69, 9.17) is 4.74 Å². The maximum Gasteiger partial charge on any atom is 0.229 e. The monoisotopic (exact) mass is 284 g/mol. The molecule has 0 amide bonds. The molecule has 106 valence electrons. The third-order valence-corrected chi connectivity index (χ3v) is 3.06. The highest BCUT2D eigenvalue weighted by molar-refractivity contribution is 7.98. The van der Waals surface area contributed by atoms with Crippen molar-refractivity contribution in [2.24, 2.45) is 4.40 Å². The van der Waals surface area contributed by atoms with E-state index in [0.29, 0.717) is 28.9 Å². The summed E-state index contributed by atoms with van der Waals surface area (Å²) in [6, 6.07) is 1.66. The minimum Gasteiger partial charge on any atom is -0.477 e. The molecule has 0 saturated heterocycles. The highest BCUT2D eigenvalue weighted by Gasteiger charge is 2.11. The highest BCUT2D eigenvalue weighted by atomic mass is 32.2. The first kappa shape index (κ1) is 16.0. The maximum absolute atomic E-state index is 13.0. The number of unbranched alkanes of at least 4 members (excludes halogenated alkanes) is 1. The second-order valence-corrected chi connectivity index (χ2v) is 5.76. The van der Waals surface area contributed by atoms with Gasteiger partial charge in [0.1, 0.15) is 6.67 Å². The minimum absolute atomic E-state index is 0.357. The molecule has 3 nitrogen and oxygen atoms in total. The minimum atomic E-state index is -0.541. The third-order valence-electron chi connectivity index (χ3n) is 2.37. The molecule has 1 heterocycles. The van der Waals surface area contributed by atoms with Gasteiger partial charge in [-0.15, -0.1) is 0 Å². The van der Waals surface area contributed by atoms with Gasteiger partial charge in [-0.25, -0.2) is 4.39 Å². The number of pyridine rings is 1. The summed E-state index contributed by atoms with van der Waals surface area (Å²) in [7, 11) is 0. The number of hydrogen-bond acceptors (Lipinski definition) is 4. The summed E-state index contributed by atoms with van der Waals surface area (Å²) in [6.07, 6.45) is 5.20. The van der Waals surface area contributed by atoms with Gasteiger partial charge in [0.2, 0.25) is 5.90 Å². The van der Waals surface area contributed by atoms with Crippen LogP contribution in [0.15, 0.2) is 22.9 Å². The van der Waals surface area contributed by atoms with E-state index < -0.39 is 6.67 Å². The summed E-state index contributed by atoms with van der Waals surface area (Å²) >= 11 is 1.42. The quantitative estimate of drug-likeness (QED) is 0.326. The standard InChI is InChI=1S/C14H21FN2OS/c1-4-5-8-18-14(17-19-11(2)3)13-10-16-7-6-12(13)9-15/h6-7,10-11H,4-5,8-9H2,1-3H3/b17-14-. The van der Waals surface area contributed by atoms with Crippen LogP contribution in [0.4, 0.5) is 4.39 Å². The van der Waals surface area contributed by atoms with E-state index in [9.17, 15) is 4.39 Å². The van der Waals surface area contributed by atoms with E-state index in [2.05, 4.69) is 30.2 Å². The van der Waals surface area contributed by atoms with Crippen molar-refractivity contribution in [3.63, 3.8) is 0 Å². The molecule has 0 saturated carbocycles. The number of ether oxygens (including phenoxy) is 1. The van der Waals surface area contributed by atoms with Gasteiger partial charge in [0.15, 0.2) is 0 Å². The third kappa shape index (κ3) is 5.59. The Kier molecular flexibility index (Phi) is 7.48. The Labute approximate surface area is 118 Å². The fraction of sp³-hybridized carbons (Fsp3) is 0.571. The molecule has 19 heavy (non-hydrogen) atoms. The lowest BCUT2D eigenvalue weighted by Gasteiger charge is -2.11. The van der Waals surface area contributed by atoms with Crippen LogP contribution < -0.4 is 0 Å². The van der Waals surface area contributed by atoms with Crippen LogP contribution in [0.1, 0.15) is 44.7 Å². The molecule has 0 N–H and O–H groups in total. The van der Waals surface area contributed by atoms with E-state index in [-0.39, 0.29) is 0 Å². The summed E-state index contributed by atoms with van der Waals surface area (Å²) in [5.41, 5.74) is 1.21. The topological polar surface area (TPSA) is 34.5 Å². The summed E-state index contributed by atoms with van der Waals surface area (Å²) in [6.45, 7) is 6.25. The van der Waals surface area contributed by atoms with E-state index in [1.54, 1.807) is 18.5 Å². The maximum atomic E-state index is 13.0. The predicted molar refractivity (Wildman–Crippen MR) is 79.2 cm³/mol. The molecule has 0 atom stereocenters. The Balaban J connectivity index is 2.90. The van der Waals surface area contributed by atoms with Gasteiger partial charge in [-0.1, -0.05) is 27.2 Å². The van der Waals surface area contributed by atoms with Gasteiger partial charge in [-0.2, -0.15) is 4.40 Å². The van der Waals surface area contributed by atoms with Gasteiger partial charge in [0.25, 0.3) is 0 Å². The van der Waals surface area contributed by atoms with E-state index >= 15 is 0 Å². The van der Waals surface area contributed by atoms with Crippen LogP contribution in [0.3, 0.4) is 0 Å². The van der Waals surface area contributed by atoms with E-state index in [0.717, 1.165) is 12.8 Å². The molecule has 0 radical (unpaired) electrons. The number of alkyl halides is 1. The lowest BCUT2D eigenvalue weighted by Crippen LogP contribution is -2.11. The molecule has 1 aromatic heterocycles. The van der Waals surface area contributed by atoms with Crippen LogP contribution in [0.5, 0.6) is 0 Å². The van der Waals surface area contributed by atoms with Gasteiger partial charge in [-0.3, -0.25) is 4.98 Å². The smallest absolute Gasteiger partial charge is 0.229 e. The van der Waals surface area contributed by atoms with E-state index in [1.165, 1.54) is 11.9 Å². The van der Waals surface area contributed by atoms with Crippen molar-refractivity contribution in [2.45, 2.75) is 45.5 Å². The van der Waals surface area contributed by atoms with Crippen molar-refractivity contribution in [3.05, 3.63) is 29.6 Å². The Morgan fingerprint density at radius 2 is 2.32 bits per heavy atom. The first-order valence-corrected chi connectivity index (χ1v) is 7.38. The average Bonchev–Trinajstić information content (AvgIpc) is 2.42. The fourth-order valence-corrected chi connectivity index (χ4v) is 1.81. The average molecular weight is 284 g/mol. The molecule has 5 heteroatoms. The molecule has 0 aliphatic rings. The summed E-state index contributed by atoms with van der Waals surface area (Å²) in [5.74, 6) is 0.480. The molecule has 0 bridgehead atoms. The van der Waals surface area contributed by atoms with Crippen LogP contribution in [-0.2, 0) is 11.4 Å². The SMILES string of the molecule is CCCCO/C(=N\SC(C)C)c1cnccc1CF. The first-order valence-electron chi connectivity index (χ1n) is 6.54. The highest BCUT2D eigenvalue weighted by Crippen LogP contribution is 2.17. The van der Waals surface area contributed by atoms with E-state index in [1.807, 2.05) is 0 Å².